The number of hydrogen-bond acceptors (Lipinski definition) is 4. The van der Waals surface area contributed by atoms with Gasteiger partial charge in [-0.25, -0.2) is 4.79 Å². The van der Waals surface area contributed by atoms with Gasteiger partial charge in [0.2, 0.25) is 0 Å². The van der Waals surface area contributed by atoms with Gasteiger partial charge >= 0.3 is 12.0 Å². The number of esters is 1. The molecule has 31 heavy (non-hydrogen) atoms. The minimum atomic E-state index is -1.32. The maximum Gasteiger partial charge on any atom is 0.328 e. The second-order valence-corrected chi connectivity index (χ2v) is 8.24. The first-order valence-electron chi connectivity index (χ1n) is 10.4. The van der Waals surface area contributed by atoms with Crippen LogP contribution in [-0.2, 0) is 19.9 Å². The molecule has 1 aliphatic rings. The lowest BCUT2D eigenvalue weighted by atomic mass is 9.81. The molecule has 7 heteroatoms. The van der Waals surface area contributed by atoms with Gasteiger partial charge in [-0.2, -0.15) is 0 Å². The van der Waals surface area contributed by atoms with Crippen molar-refractivity contribution in [2.75, 3.05) is 25.5 Å². The molecular formula is C24H27BrN2O4. The van der Waals surface area contributed by atoms with E-state index in [0.717, 1.165) is 35.9 Å². The van der Waals surface area contributed by atoms with Gasteiger partial charge in [-0.15, -0.1) is 0 Å². The number of unbranched alkanes of at least 4 members (excludes halogenated alkanes) is 3. The van der Waals surface area contributed by atoms with Gasteiger partial charge in [-0.3, -0.25) is 14.5 Å². The monoisotopic (exact) mass is 486 g/mol. The van der Waals surface area contributed by atoms with Crippen molar-refractivity contribution in [1.29, 1.82) is 0 Å². The molecule has 6 nitrogen and oxygen atoms in total. The number of ether oxygens (including phenoxy) is 1. The summed E-state index contributed by atoms with van der Waals surface area (Å²) in [7, 11) is 1.25. The second kappa shape index (κ2) is 10.6. The molecule has 1 aliphatic heterocycles. The lowest BCUT2D eigenvalue weighted by Gasteiger charge is -2.36. The van der Waals surface area contributed by atoms with E-state index in [0.29, 0.717) is 17.7 Å². The van der Waals surface area contributed by atoms with Gasteiger partial charge in [0.15, 0.2) is 5.54 Å². The Morgan fingerprint density at radius 1 is 0.903 bits per heavy atom. The van der Waals surface area contributed by atoms with Crippen LogP contribution in [0, 0.1) is 0 Å². The zero-order valence-electron chi connectivity index (χ0n) is 17.6. The first-order chi connectivity index (χ1) is 15.1. The molecule has 0 aromatic heterocycles. The summed E-state index contributed by atoms with van der Waals surface area (Å²) in [5.41, 5.74) is 0.0861. The molecule has 2 aromatic carbocycles. The molecule has 0 aliphatic carbocycles. The maximum atomic E-state index is 13.9. The van der Waals surface area contributed by atoms with Gasteiger partial charge in [0.05, 0.1) is 7.11 Å². The number of urea groups is 1. The average molecular weight is 487 g/mol. The number of carbonyl (C=O) groups is 3. The van der Waals surface area contributed by atoms with Gasteiger partial charge in [0.25, 0.3) is 5.91 Å². The van der Waals surface area contributed by atoms with Gasteiger partial charge in [-0.1, -0.05) is 89.4 Å². The van der Waals surface area contributed by atoms with Crippen LogP contribution in [0.3, 0.4) is 0 Å². The molecule has 3 rings (SSSR count). The summed E-state index contributed by atoms with van der Waals surface area (Å²) < 4.78 is 4.74. The third kappa shape index (κ3) is 4.51. The fourth-order valence-corrected chi connectivity index (χ4v) is 4.48. The summed E-state index contributed by atoms with van der Waals surface area (Å²) in [6.07, 6.45) is 3.81. The normalized spacial score (nSPS) is 15.4. The summed E-state index contributed by atoms with van der Waals surface area (Å²) in [4.78, 5) is 42.0. The van der Waals surface area contributed by atoms with E-state index in [1.807, 2.05) is 60.7 Å². The number of carbonyl (C=O) groups excluding carboxylic acids is 3. The molecule has 0 atom stereocenters. The summed E-state index contributed by atoms with van der Waals surface area (Å²) in [5.74, 6) is -1.06. The van der Waals surface area contributed by atoms with Gasteiger partial charge < -0.3 is 9.64 Å². The number of amides is 3. The van der Waals surface area contributed by atoms with Gasteiger partial charge in [0, 0.05) is 11.9 Å². The van der Waals surface area contributed by atoms with E-state index in [-0.39, 0.29) is 0 Å². The zero-order chi connectivity index (χ0) is 22.3. The van der Waals surface area contributed by atoms with E-state index in [9.17, 15) is 14.4 Å². The summed E-state index contributed by atoms with van der Waals surface area (Å²) in [6.45, 7) is 0.00396. The van der Waals surface area contributed by atoms with Crippen LogP contribution in [0.5, 0.6) is 0 Å². The number of halogens is 1. The van der Waals surface area contributed by atoms with Crippen LogP contribution in [0.2, 0.25) is 0 Å². The van der Waals surface area contributed by atoms with E-state index < -0.39 is 30.0 Å². The Hall–Kier alpha value is -2.67. The van der Waals surface area contributed by atoms with E-state index in [4.69, 9.17) is 4.74 Å². The van der Waals surface area contributed by atoms with Gasteiger partial charge in [-0.05, 0) is 24.0 Å². The van der Waals surface area contributed by atoms with Gasteiger partial charge in [0.1, 0.15) is 6.54 Å². The van der Waals surface area contributed by atoms with Crippen molar-refractivity contribution >= 4 is 33.8 Å². The number of rotatable bonds is 10. The largest absolute Gasteiger partial charge is 0.468 e. The van der Waals surface area contributed by atoms with E-state index in [1.165, 1.54) is 7.11 Å². The minimum Gasteiger partial charge on any atom is -0.468 e. The smallest absolute Gasteiger partial charge is 0.328 e. The van der Waals surface area contributed by atoms with Crippen molar-refractivity contribution in [1.82, 2.24) is 9.80 Å². The molecule has 0 spiro atoms. The third-order valence-electron chi connectivity index (χ3n) is 5.58. The second-order valence-electron chi connectivity index (χ2n) is 7.45. The fourth-order valence-electron chi connectivity index (χ4n) is 4.09. The number of methoxy groups -OCH3 is 1. The van der Waals surface area contributed by atoms with Crippen LogP contribution >= 0.6 is 15.9 Å². The Morgan fingerprint density at radius 2 is 1.45 bits per heavy atom. The predicted octanol–water partition coefficient (Wildman–Crippen LogP) is 4.32. The molecule has 1 fully saturated rings. The topological polar surface area (TPSA) is 66.9 Å². The van der Waals surface area contributed by atoms with Crippen molar-refractivity contribution in [2.45, 2.75) is 31.2 Å². The maximum absolute atomic E-state index is 13.9. The molecule has 2 aromatic rings. The molecular weight excluding hydrogens is 460 g/mol. The quantitative estimate of drug-likeness (QED) is 0.217. The Kier molecular flexibility index (Phi) is 7.85. The molecule has 1 heterocycles. The molecule has 0 saturated carbocycles. The van der Waals surface area contributed by atoms with Crippen molar-refractivity contribution in [3.8, 4) is 0 Å². The highest BCUT2D eigenvalue weighted by molar-refractivity contribution is 9.09. The summed E-state index contributed by atoms with van der Waals surface area (Å²) >= 11 is 3.44. The predicted molar refractivity (Wildman–Crippen MR) is 122 cm³/mol. The summed E-state index contributed by atoms with van der Waals surface area (Å²) in [6, 6.07) is 18.1. The molecule has 164 valence electrons. The van der Waals surface area contributed by atoms with Crippen molar-refractivity contribution < 1.29 is 19.1 Å². The first-order valence-corrected chi connectivity index (χ1v) is 11.6. The minimum absolute atomic E-state index is 0.407. The number of benzene rings is 2. The lowest BCUT2D eigenvalue weighted by molar-refractivity contribution is -0.145. The van der Waals surface area contributed by atoms with Crippen LogP contribution in [0.1, 0.15) is 36.8 Å². The molecule has 0 unspecified atom stereocenters. The third-order valence-corrected chi connectivity index (χ3v) is 6.15. The zero-order valence-corrected chi connectivity index (χ0v) is 19.2. The molecule has 0 radical (unpaired) electrons. The molecule has 1 saturated heterocycles. The fraction of sp³-hybridized carbons (Fsp3) is 0.375. The number of hydrogen-bond donors (Lipinski definition) is 0. The SMILES string of the molecule is COC(=O)CN1C(=O)N(CCCCCCBr)C(c2ccccc2)(c2ccccc2)C1=O. The van der Waals surface area contributed by atoms with Crippen LogP contribution < -0.4 is 0 Å². The number of nitrogens with zero attached hydrogens (tertiary/aromatic N) is 2. The Morgan fingerprint density at radius 3 is 1.97 bits per heavy atom. The number of alkyl halides is 1. The van der Waals surface area contributed by atoms with Crippen LogP contribution in [0.25, 0.3) is 0 Å². The van der Waals surface area contributed by atoms with Crippen molar-refractivity contribution in [3.63, 3.8) is 0 Å². The highest BCUT2D eigenvalue weighted by Gasteiger charge is 2.59. The molecule has 0 bridgehead atoms. The lowest BCUT2D eigenvalue weighted by Crippen LogP contribution is -2.48. The molecule has 0 N–H and O–H groups in total. The number of imide groups is 1. The van der Waals surface area contributed by atoms with Crippen molar-refractivity contribution in [2.24, 2.45) is 0 Å². The standard InChI is InChI=1S/C24H27BrN2O4/c1-31-21(28)18-26-22(29)24(19-12-6-4-7-13-19,20-14-8-5-9-15-20)27(23(26)30)17-11-3-2-10-16-25/h4-9,12-15H,2-3,10-11,16-18H2,1H3. The first kappa shape index (κ1) is 23.0. The Balaban J connectivity index is 2.09. The van der Waals surface area contributed by atoms with Crippen LogP contribution in [-0.4, -0.2) is 53.2 Å². The van der Waals surface area contributed by atoms with Crippen LogP contribution in [0.4, 0.5) is 4.79 Å². The van der Waals surface area contributed by atoms with Crippen molar-refractivity contribution in [3.05, 3.63) is 71.8 Å². The highest BCUT2D eigenvalue weighted by Crippen LogP contribution is 2.43. The van der Waals surface area contributed by atoms with Crippen LogP contribution in [0.15, 0.2) is 60.7 Å². The van der Waals surface area contributed by atoms with E-state index >= 15 is 0 Å². The Labute approximate surface area is 191 Å². The van der Waals surface area contributed by atoms with E-state index in [1.54, 1.807) is 4.90 Å². The summed E-state index contributed by atoms with van der Waals surface area (Å²) in [5, 5.41) is 0.943. The van der Waals surface area contributed by atoms with E-state index in [2.05, 4.69) is 15.9 Å². The average Bonchev–Trinajstić information content (AvgIpc) is 3.02. The Bertz CT molecular complexity index is 865. The highest BCUT2D eigenvalue weighted by atomic mass is 79.9. The molecule has 3 amide bonds.